The van der Waals surface area contributed by atoms with Gasteiger partial charge in [0.25, 0.3) is 0 Å². The molecule has 0 aliphatic carbocycles. The molecule has 5 heteroatoms. The van der Waals surface area contributed by atoms with E-state index in [0.29, 0.717) is 19.0 Å². The Hall–Kier alpha value is -1.59. The van der Waals surface area contributed by atoms with Gasteiger partial charge in [-0.25, -0.2) is 4.79 Å². The van der Waals surface area contributed by atoms with Gasteiger partial charge in [-0.05, 0) is 36.5 Å². The van der Waals surface area contributed by atoms with Crippen molar-refractivity contribution in [3.63, 3.8) is 0 Å². The molecule has 0 aromatic heterocycles. The third kappa shape index (κ3) is 4.54. The van der Waals surface area contributed by atoms with Crippen molar-refractivity contribution in [3.8, 4) is 0 Å². The van der Waals surface area contributed by atoms with Crippen molar-refractivity contribution < 1.29 is 9.53 Å². The predicted octanol–water partition coefficient (Wildman–Crippen LogP) is 1.69. The normalized spacial score (nSPS) is 18.3. The number of anilines is 1. The van der Waals surface area contributed by atoms with Crippen LogP contribution in [-0.4, -0.2) is 25.8 Å². The molecule has 0 radical (unpaired) electrons. The topological polar surface area (TPSA) is 76.4 Å². The molecule has 4 N–H and O–H groups in total. The highest BCUT2D eigenvalue weighted by molar-refractivity contribution is 5.89. The quantitative estimate of drug-likeness (QED) is 0.756. The molecule has 1 atom stereocenters. The van der Waals surface area contributed by atoms with Crippen molar-refractivity contribution in [1.82, 2.24) is 5.32 Å². The first kappa shape index (κ1) is 13.8. The van der Waals surface area contributed by atoms with E-state index in [9.17, 15) is 4.79 Å². The van der Waals surface area contributed by atoms with Crippen molar-refractivity contribution in [2.45, 2.75) is 19.4 Å². The molecule has 1 aromatic carbocycles. The Balaban J connectivity index is 1.70. The van der Waals surface area contributed by atoms with Crippen LogP contribution in [0, 0.1) is 5.92 Å². The van der Waals surface area contributed by atoms with Crippen molar-refractivity contribution >= 4 is 11.7 Å². The molecule has 0 saturated carbocycles. The summed E-state index contributed by atoms with van der Waals surface area (Å²) in [5, 5.41) is 5.66. The maximum atomic E-state index is 11.7. The molecule has 0 spiro atoms. The average Bonchev–Trinajstić information content (AvgIpc) is 2.92. The number of carbonyl (C=O) groups is 1. The molecule has 1 aliphatic rings. The Morgan fingerprint density at radius 1 is 1.47 bits per heavy atom. The Bertz CT molecular complexity index is 417. The number of amides is 2. The van der Waals surface area contributed by atoms with Crippen LogP contribution in [-0.2, 0) is 11.3 Å². The van der Waals surface area contributed by atoms with Gasteiger partial charge in [-0.1, -0.05) is 12.1 Å². The number of nitrogens with two attached hydrogens (primary N) is 1. The largest absolute Gasteiger partial charge is 0.381 e. The van der Waals surface area contributed by atoms with Gasteiger partial charge >= 0.3 is 6.03 Å². The summed E-state index contributed by atoms with van der Waals surface area (Å²) in [6, 6.07) is 7.37. The molecule has 5 nitrogen and oxygen atoms in total. The van der Waals surface area contributed by atoms with Gasteiger partial charge in [0.1, 0.15) is 0 Å². The lowest BCUT2D eigenvalue weighted by Gasteiger charge is -2.10. The second kappa shape index (κ2) is 7.11. The second-order valence-electron chi connectivity index (χ2n) is 4.80. The fourth-order valence-corrected chi connectivity index (χ4v) is 2.15. The first-order chi connectivity index (χ1) is 9.28. The van der Waals surface area contributed by atoms with Crippen LogP contribution in [0.1, 0.15) is 18.4 Å². The molecule has 1 aliphatic heterocycles. The SMILES string of the molecule is NCc1cccc(NC(=O)NCCC2CCOC2)c1. The van der Waals surface area contributed by atoms with Crippen molar-refractivity contribution in [3.05, 3.63) is 29.8 Å². The number of carbonyl (C=O) groups excluding carboxylic acids is 1. The van der Waals surface area contributed by atoms with E-state index in [2.05, 4.69) is 10.6 Å². The van der Waals surface area contributed by atoms with E-state index >= 15 is 0 Å². The number of hydrogen-bond acceptors (Lipinski definition) is 3. The van der Waals surface area contributed by atoms with Crippen molar-refractivity contribution in [2.24, 2.45) is 11.7 Å². The maximum Gasteiger partial charge on any atom is 0.319 e. The monoisotopic (exact) mass is 263 g/mol. The highest BCUT2D eigenvalue weighted by atomic mass is 16.5. The van der Waals surface area contributed by atoms with Gasteiger partial charge in [0.2, 0.25) is 0 Å². The van der Waals surface area contributed by atoms with E-state index in [0.717, 1.165) is 37.3 Å². The first-order valence-electron chi connectivity index (χ1n) is 6.69. The van der Waals surface area contributed by atoms with Crippen LogP contribution in [0.25, 0.3) is 0 Å². The summed E-state index contributed by atoms with van der Waals surface area (Å²) < 4.78 is 5.30. The van der Waals surface area contributed by atoms with Crippen LogP contribution in [0.5, 0.6) is 0 Å². The smallest absolute Gasteiger partial charge is 0.319 e. The molecule has 2 amide bonds. The third-order valence-electron chi connectivity index (χ3n) is 3.28. The molecule has 1 unspecified atom stereocenters. The molecule has 1 saturated heterocycles. The van der Waals surface area contributed by atoms with E-state index in [1.165, 1.54) is 0 Å². The van der Waals surface area contributed by atoms with E-state index in [1.54, 1.807) is 0 Å². The Morgan fingerprint density at radius 3 is 3.11 bits per heavy atom. The molecule has 1 heterocycles. The van der Waals surface area contributed by atoms with E-state index in [-0.39, 0.29) is 6.03 Å². The molecule has 2 rings (SSSR count). The summed E-state index contributed by atoms with van der Waals surface area (Å²) in [7, 11) is 0. The summed E-state index contributed by atoms with van der Waals surface area (Å²) in [4.78, 5) is 11.7. The van der Waals surface area contributed by atoms with Gasteiger partial charge in [-0.2, -0.15) is 0 Å². The van der Waals surface area contributed by atoms with E-state index in [1.807, 2.05) is 24.3 Å². The lowest BCUT2D eigenvalue weighted by Crippen LogP contribution is -2.30. The minimum absolute atomic E-state index is 0.173. The number of nitrogens with one attached hydrogen (secondary N) is 2. The van der Waals surface area contributed by atoms with Gasteiger partial charge in [0.05, 0.1) is 0 Å². The van der Waals surface area contributed by atoms with Gasteiger partial charge in [0.15, 0.2) is 0 Å². The third-order valence-corrected chi connectivity index (χ3v) is 3.28. The van der Waals surface area contributed by atoms with Crippen LogP contribution in [0.3, 0.4) is 0 Å². The second-order valence-corrected chi connectivity index (χ2v) is 4.80. The maximum absolute atomic E-state index is 11.7. The fourth-order valence-electron chi connectivity index (χ4n) is 2.15. The van der Waals surface area contributed by atoms with E-state index < -0.39 is 0 Å². The van der Waals surface area contributed by atoms with Gasteiger partial charge in [-0.15, -0.1) is 0 Å². The van der Waals surface area contributed by atoms with Crippen LogP contribution in [0.4, 0.5) is 10.5 Å². The summed E-state index contributed by atoms with van der Waals surface area (Å²) in [6.45, 7) is 2.82. The summed E-state index contributed by atoms with van der Waals surface area (Å²) >= 11 is 0. The predicted molar refractivity (Wildman–Crippen MR) is 74.9 cm³/mol. The average molecular weight is 263 g/mol. The van der Waals surface area contributed by atoms with Crippen LogP contribution in [0.2, 0.25) is 0 Å². The number of hydrogen-bond donors (Lipinski definition) is 3. The minimum atomic E-state index is -0.173. The zero-order valence-electron chi connectivity index (χ0n) is 11.0. The fraction of sp³-hybridized carbons (Fsp3) is 0.500. The zero-order chi connectivity index (χ0) is 13.5. The Morgan fingerprint density at radius 2 is 2.37 bits per heavy atom. The highest BCUT2D eigenvalue weighted by Gasteiger charge is 2.15. The Kier molecular flexibility index (Phi) is 5.18. The molecule has 0 bridgehead atoms. The standard InChI is InChI=1S/C14H21N3O2/c15-9-12-2-1-3-13(8-12)17-14(18)16-6-4-11-5-7-19-10-11/h1-3,8,11H,4-7,9-10,15H2,(H2,16,17,18). The number of ether oxygens (including phenoxy) is 1. The van der Waals surface area contributed by atoms with Gasteiger partial charge in [0, 0.05) is 32.0 Å². The molecular formula is C14H21N3O2. The van der Waals surface area contributed by atoms with Crippen LogP contribution in [0.15, 0.2) is 24.3 Å². The minimum Gasteiger partial charge on any atom is -0.381 e. The summed E-state index contributed by atoms with van der Waals surface area (Å²) in [6.07, 6.45) is 2.07. The summed E-state index contributed by atoms with van der Waals surface area (Å²) in [5.74, 6) is 0.584. The molecular weight excluding hydrogens is 242 g/mol. The molecule has 1 aromatic rings. The lowest BCUT2D eigenvalue weighted by molar-refractivity contribution is 0.184. The molecule has 1 fully saturated rings. The zero-order valence-corrected chi connectivity index (χ0v) is 11.0. The Labute approximate surface area is 113 Å². The van der Waals surface area contributed by atoms with Gasteiger partial charge in [-0.3, -0.25) is 0 Å². The van der Waals surface area contributed by atoms with Crippen LogP contribution >= 0.6 is 0 Å². The summed E-state index contributed by atoms with van der Waals surface area (Å²) in [5.41, 5.74) is 7.33. The molecule has 104 valence electrons. The highest BCUT2D eigenvalue weighted by Crippen LogP contribution is 2.15. The lowest BCUT2D eigenvalue weighted by atomic mass is 10.1. The number of urea groups is 1. The van der Waals surface area contributed by atoms with Gasteiger partial charge < -0.3 is 21.1 Å². The van der Waals surface area contributed by atoms with Crippen molar-refractivity contribution in [2.75, 3.05) is 25.1 Å². The van der Waals surface area contributed by atoms with E-state index in [4.69, 9.17) is 10.5 Å². The molecule has 19 heavy (non-hydrogen) atoms. The van der Waals surface area contributed by atoms with Crippen molar-refractivity contribution in [1.29, 1.82) is 0 Å². The number of rotatable bonds is 5. The first-order valence-corrected chi connectivity index (χ1v) is 6.69. The van der Waals surface area contributed by atoms with Crippen LogP contribution < -0.4 is 16.4 Å². The number of benzene rings is 1.